The molecular weight excluding hydrogens is 813 g/mol. The van der Waals surface area contributed by atoms with Crippen molar-refractivity contribution < 1.29 is 55.1 Å². The summed E-state index contributed by atoms with van der Waals surface area (Å²) < 4.78 is 63.8. The van der Waals surface area contributed by atoms with Gasteiger partial charge in [0.25, 0.3) is 23.6 Å². The fraction of sp³-hybridized carbons (Fsp3) is 0.0455. The van der Waals surface area contributed by atoms with E-state index in [0.717, 1.165) is 15.4 Å². The summed E-state index contributed by atoms with van der Waals surface area (Å²) in [6.45, 7) is 1.83. The van der Waals surface area contributed by atoms with Gasteiger partial charge in [0.15, 0.2) is 0 Å². The van der Waals surface area contributed by atoms with Crippen LogP contribution < -0.4 is 14.4 Å². The molecule has 0 spiro atoms. The topological polar surface area (TPSA) is 196 Å². The lowest BCUT2D eigenvalue weighted by Crippen LogP contribution is -2.29. The van der Waals surface area contributed by atoms with Crippen LogP contribution in [0, 0.1) is 6.92 Å². The number of sulfone groups is 2. The van der Waals surface area contributed by atoms with Crippen LogP contribution in [-0.4, -0.2) is 64.4 Å². The number of rotatable bonds is 9. The molecule has 6 aromatic carbocycles. The molecule has 4 amide bonds. The second kappa shape index (κ2) is 14.7. The number of imide groups is 2. The third kappa shape index (κ3) is 6.82. The largest absolute Gasteiger partial charge is 0.423 e. The summed E-state index contributed by atoms with van der Waals surface area (Å²) in [5, 5.41) is 0. The van der Waals surface area contributed by atoms with Crippen molar-refractivity contribution in [3.05, 3.63) is 172 Å². The van der Waals surface area contributed by atoms with Gasteiger partial charge in [-0.3, -0.25) is 24.1 Å². The van der Waals surface area contributed by atoms with Crippen molar-refractivity contribution in [2.45, 2.75) is 26.5 Å². The van der Waals surface area contributed by atoms with Gasteiger partial charge in [0.2, 0.25) is 19.7 Å². The molecule has 0 fully saturated rings. The van der Waals surface area contributed by atoms with E-state index in [2.05, 4.69) is 0 Å². The molecule has 2 heterocycles. The molecule has 0 aromatic heterocycles. The standard InChI is InChI=1S/C44H28N2O12S2/c1-25-3-13-31(14-4-25)59(53,54)32-15-7-28(8-16-32)46-41(49)36-22-6-27(24-38(36)42(46)50)44(52)58-30-11-19-34(20-12-30)60(55,56)33-17-9-29(10-18-33)57-43(51)26-5-21-35-37(23-26)40(48)45(2)39(35)47/h3-24H,1-2H3. The first-order valence-corrected chi connectivity index (χ1v) is 20.8. The second-order valence-electron chi connectivity index (χ2n) is 13.7. The van der Waals surface area contributed by atoms with Crippen molar-refractivity contribution in [1.82, 2.24) is 4.90 Å². The maximum atomic E-state index is 13.4. The molecule has 2 aliphatic rings. The van der Waals surface area contributed by atoms with Crippen molar-refractivity contribution in [3.63, 3.8) is 0 Å². The quantitative estimate of drug-likeness (QED) is 0.0920. The first-order chi connectivity index (χ1) is 28.5. The number of anilines is 1. The van der Waals surface area contributed by atoms with E-state index < -0.39 is 55.2 Å². The minimum atomic E-state index is -4.09. The zero-order valence-corrected chi connectivity index (χ0v) is 32.9. The van der Waals surface area contributed by atoms with E-state index in [1.165, 1.54) is 128 Å². The van der Waals surface area contributed by atoms with Crippen LogP contribution in [0.4, 0.5) is 5.69 Å². The SMILES string of the molecule is Cc1ccc(S(=O)(=O)c2ccc(N3C(=O)c4ccc(C(=O)Oc5ccc(S(=O)(=O)c6ccc(OC(=O)c7ccc8c(c7)C(=O)N(C)C8=O)cc6)cc5)cc4C3=O)cc2)cc1. The Morgan fingerprint density at radius 1 is 0.450 bits per heavy atom. The smallest absolute Gasteiger partial charge is 0.343 e. The number of hydrogen-bond donors (Lipinski definition) is 0. The van der Waals surface area contributed by atoms with E-state index in [4.69, 9.17) is 9.47 Å². The van der Waals surface area contributed by atoms with Crippen molar-refractivity contribution in [3.8, 4) is 11.5 Å². The third-order valence-corrected chi connectivity index (χ3v) is 13.4. The zero-order valence-electron chi connectivity index (χ0n) is 31.3. The molecule has 0 unspecified atom stereocenters. The highest BCUT2D eigenvalue weighted by molar-refractivity contribution is 7.91. The number of carbonyl (C=O) groups is 6. The molecule has 0 radical (unpaired) electrons. The summed E-state index contributed by atoms with van der Waals surface area (Å²) in [6, 6.07) is 29.4. The Hall–Kier alpha value is -7.56. The Balaban J connectivity index is 0.911. The van der Waals surface area contributed by atoms with Gasteiger partial charge < -0.3 is 9.47 Å². The molecule has 16 heteroatoms. The molecule has 14 nitrogen and oxygen atoms in total. The molecule has 0 atom stereocenters. The van der Waals surface area contributed by atoms with Gasteiger partial charge in [-0.05, 0) is 128 Å². The fourth-order valence-electron chi connectivity index (χ4n) is 6.56. The van der Waals surface area contributed by atoms with Crippen LogP contribution in [0.3, 0.4) is 0 Å². The predicted molar refractivity (Wildman–Crippen MR) is 212 cm³/mol. The molecule has 6 aromatic rings. The van der Waals surface area contributed by atoms with Gasteiger partial charge in [-0.2, -0.15) is 0 Å². The number of benzene rings is 6. The van der Waals surface area contributed by atoms with E-state index in [1.807, 2.05) is 6.92 Å². The van der Waals surface area contributed by atoms with Crippen LogP contribution >= 0.6 is 0 Å². The van der Waals surface area contributed by atoms with Gasteiger partial charge in [-0.1, -0.05) is 17.7 Å². The Bertz CT molecular complexity index is 3070. The summed E-state index contributed by atoms with van der Waals surface area (Å²) in [6.07, 6.45) is 0. The summed E-state index contributed by atoms with van der Waals surface area (Å²) in [5.74, 6) is -4.15. The Labute approximate surface area is 342 Å². The Morgan fingerprint density at radius 3 is 1.25 bits per heavy atom. The lowest BCUT2D eigenvalue weighted by Gasteiger charge is -2.14. The number of hydrogen-bond acceptors (Lipinski definition) is 12. The fourth-order valence-corrected chi connectivity index (χ4v) is 9.08. The molecular formula is C44H28N2O12S2. The number of ether oxygens (including phenoxy) is 2. The second-order valence-corrected chi connectivity index (χ2v) is 17.6. The van der Waals surface area contributed by atoms with E-state index in [9.17, 15) is 45.6 Å². The lowest BCUT2D eigenvalue weighted by atomic mass is 10.1. The van der Waals surface area contributed by atoms with Crippen LogP contribution in [0.5, 0.6) is 11.5 Å². The first kappa shape index (κ1) is 39.3. The van der Waals surface area contributed by atoms with Crippen molar-refractivity contribution in [1.29, 1.82) is 0 Å². The van der Waals surface area contributed by atoms with E-state index in [1.54, 1.807) is 12.1 Å². The first-order valence-electron chi connectivity index (χ1n) is 17.9. The average molecular weight is 841 g/mol. The van der Waals surface area contributed by atoms with Gasteiger partial charge >= 0.3 is 11.9 Å². The molecule has 0 N–H and O–H groups in total. The maximum absolute atomic E-state index is 13.4. The van der Waals surface area contributed by atoms with Crippen LogP contribution in [-0.2, 0) is 19.7 Å². The van der Waals surface area contributed by atoms with Gasteiger partial charge in [-0.15, -0.1) is 0 Å². The van der Waals surface area contributed by atoms with Gasteiger partial charge in [0, 0.05) is 7.05 Å². The van der Waals surface area contributed by atoms with Crippen LogP contribution in [0.1, 0.15) is 67.7 Å². The van der Waals surface area contributed by atoms with Gasteiger partial charge in [0.05, 0.1) is 58.7 Å². The monoisotopic (exact) mass is 840 g/mol. The maximum Gasteiger partial charge on any atom is 0.343 e. The molecule has 2 aliphatic heterocycles. The van der Waals surface area contributed by atoms with Crippen LogP contribution in [0.25, 0.3) is 0 Å². The van der Waals surface area contributed by atoms with Gasteiger partial charge in [-0.25, -0.2) is 31.3 Å². The zero-order chi connectivity index (χ0) is 42.7. The van der Waals surface area contributed by atoms with Crippen molar-refractivity contribution >= 4 is 60.9 Å². The lowest BCUT2D eigenvalue weighted by molar-refractivity contribution is 0.0688. The van der Waals surface area contributed by atoms with E-state index >= 15 is 0 Å². The summed E-state index contributed by atoms with van der Waals surface area (Å²) in [5.41, 5.74) is 1.16. The number of fused-ring (bicyclic) bond motifs is 2. The highest BCUT2D eigenvalue weighted by atomic mass is 32.2. The summed E-state index contributed by atoms with van der Waals surface area (Å²) in [7, 11) is -6.61. The third-order valence-electron chi connectivity index (χ3n) is 9.87. The molecule has 8 rings (SSSR count). The number of nitrogens with zero attached hydrogens (tertiary/aromatic N) is 2. The van der Waals surface area contributed by atoms with Crippen LogP contribution in [0.2, 0.25) is 0 Å². The Morgan fingerprint density at radius 2 is 0.800 bits per heavy atom. The summed E-state index contributed by atoms with van der Waals surface area (Å²) in [4.78, 5) is 78.7. The normalized spacial score (nSPS) is 13.6. The highest BCUT2D eigenvalue weighted by Crippen LogP contribution is 2.32. The molecule has 0 saturated heterocycles. The number of amides is 4. The van der Waals surface area contributed by atoms with Crippen LogP contribution in [0.15, 0.2) is 153 Å². The Kier molecular flexibility index (Phi) is 9.60. The minimum Gasteiger partial charge on any atom is -0.423 e. The van der Waals surface area contributed by atoms with Gasteiger partial charge in [0.1, 0.15) is 11.5 Å². The van der Waals surface area contributed by atoms with E-state index in [0.29, 0.717) is 0 Å². The van der Waals surface area contributed by atoms with Crippen molar-refractivity contribution in [2.24, 2.45) is 0 Å². The summed E-state index contributed by atoms with van der Waals surface area (Å²) >= 11 is 0. The molecule has 0 saturated carbocycles. The van der Waals surface area contributed by atoms with Crippen molar-refractivity contribution in [2.75, 3.05) is 11.9 Å². The molecule has 298 valence electrons. The molecule has 0 bridgehead atoms. The highest BCUT2D eigenvalue weighted by Gasteiger charge is 2.38. The number of carbonyl (C=O) groups excluding carboxylic acids is 6. The number of aryl methyl sites for hydroxylation is 1. The number of esters is 2. The predicted octanol–water partition coefficient (Wildman–Crippen LogP) is 6.13. The molecule has 60 heavy (non-hydrogen) atoms. The van der Waals surface area contributed by atoms with E-state index in [-0.39, 0.29) is 70.1 Å². The molecule has 0 aliphatic carbocycles. The minimum absolute atomic E-state index is 0.0170. The average Bonchev–Trinajstić information content (AvgIpc) is 3.63.